The van der Waals surface area contributed by atoms with Gasteiger partial charge in [0.05, 0.1) is 6.54 Å². The molecule has 1 saturated carbocycles. The largest absolute Gasteiger partial charge is 0.356 e. The summed E-state index contributed by atoms with van der Waals surface area (Å²) in [5, 5.41) is 6.54. The number of rotatable bonds is 2. The maximum Gasteiger partial charge on any atom is 0.191 e. The molecular formula is C9H17N3. The molecule has 1 aliphatic carbocycles. The first-order chi connectivity index (χ1) is 5.68. The highest BCUT2D eigenvalue weighted by molar-refractivity contribution is 5.81. The molecule has 12 heavy (non-hydrogen) atoms. The van der Waals surface area contributed by atoms with Gasteiger partial charge in [-0.05, 0) is 17.8 Å². The van der Waals surface area contributed by atoms with Gasteiger partial charge in [0.15, 0.2) is 5.96 Å². The van der Waals surface area contributed by atoms with Crippen LogP contribution in [-0.4, -0.2) is 25.6 Å². The molecule has 68 valence electrons. The average molecular weight is 167 g/mol. The topological polar surface area (TPSA) is 36.4 Å². The molecule has 2 N–H and O–H groups in total. The normalized spacial score (nSPS) is 30.8. The summed E-state index contributed by atoms with van der Waals surface area (Å²) in [6.07, 6.45) is 1.35. The van der Waals surface area contributed by atoms with E-state index < -0.39 is 0 Å². The monoisotopic (exact) mass is 167 g/mol. The summed E-state index contributed by atoms with van der Waals surface area (Å²) in [6.45, 7) is 7.65. The van der Waals surface area contributed by atoms with Crippen LogP contribution in [0.1, 0.15) is 20.3 Å². The summed E-state index contributed by atoms with van der Waals surface area (Å²) in [7, 11) is 0. The molecule has 3 heteroatoms. The summed E-state index contributed by atoms with van der Waals surface area (Å²) >= 11 is 0. The van der Waals surface area contributed by atoms with Gasteiger partial charge in [0.2, 0.25) is 0 Å². The molecule has 0 saturated heterocycles. The zero-order valence-electron chi connectivity index (χ0n) is 7.85. The van der Waals surface area contributed by atoms with Crippen molar-refractivity contribution in [1.29, 1.82) is 0 Å². The lowest BCUT2D eigenvalue weighted by Gasteiger charge is -2.07. The van der Waals surface area contributed by atoms with Crippen LogP contribution in [0.25, 0.3) is 0 Å². The zero-order valence-corrected chi connectivity index (χ0v) is 7.85. The Kier molecular flexibility index (Phi) is 1.74. The average Bonchev–Trinajstić information content (AvgIpc) is 2.54. The van der Waals surface area contributed by atoms with Crippen LogP contribution in [0.5, 0.6) is 0 Å². The fourth-order valence-electron chi connectivity index (χ4n) is 1.66. The van der Waals surface area contributed by atoms with Crippen molar-refractivity contribution in [3.05, 3.63) is 0 Å². The molecule has 0 bridgehead atoms. The second-order valence-electron chi connectivity index (χ2n) is 4.43. The van der Waals surface area contributed by atoms with E-state index in [1.165, 1.54) is 6.42 Å². The quantitative estimate of drug-likeness (QED) is 0.631. The molecule has 1 fully saturated rings. The molecule has 1 aliphatic heterocycles. The minimum atomic E-state index is 0.576. The van der Waals surface area contributed by atoms with Crippen molar-refractivity contribution >= 4 is 5.96 Å². The second-order valence-corrected chi connectivity index (χ2v) is 4.43. The van der Waals surface area contributed by atoms with Crippen LogP contribution in [0, 0.1) is 11.3 Å². The molecule has 1 unspecified atom stereocenters. The Morgan fingerprint density at radius 1 is 1.67 bits per heavy atom. The van der Waals surface area contributed by atoms with Crippen LogP contribution in [-0.2, 0) is 0 Å². The van der Waals surface area contributed by atoms with E-state index in [9.17, 15) is 0 Å². The van der Waals surface area contributed by atoms with Gasteiger partial charge in [-0.15, -0.1) is 0 Å². The molecule has 0 aromatic rings. The number of nitrogens with one attached hydrogen (secondary N) is 2. The predicted molar refractivity (Wildman–Crippen MR) is 50.2 cm³/mol. The molecule has 2 rings (SSSR count). The number of aliphatic imine (C=N–C) groups is 1. The van der Waals surface area contributed by atoms with E-state index in [0.29, 0.717) is 5.41 Å². The Morgan fingerprint density at radius 2 is 2.42 bits per heavy atom. The summed E-state index contributed by atoms with van der Waals surface area (Å²) in [5.41, 5.74) is 0.576. The van der Waals surface area contributed by atoms with E-state index in [-0.39, 0.29) is 0 Å². The van der Waals surface area contributed by atoms with Crippen LogP contribution in [0.15, 0.2) is 4.99 Å². The van der Waals surface area contributed by atoms with Crippen molar-refractivity contribution in [1.82, 2.24) is 10.6 Å². The number of hydrogen-bond acceptors (Lipinski definition) is 3. The van der Waals surface area contributed by atoms with Gasteiger partial charge < -0.3 is 10.6 Å². The first-order valence-corrected chi connectivity index (χ1v) is 4.71. The van der Waals surface area contributed by atoms with Gasteiger partial charge >= 0.3 is 0 Å². The van der Waals surface area contributed by atoms with Crippen LogP contribution >= 0.6 is 0 Å². The molecule has 2 aliphatic rings. The Morgan fingerprint density at radius 3 is 2.92 bits per heavy atom. The van der Waals surface area contributed by atoms with Gasteiger partial charge in [-0.2, -0.15) is 0 Å². The Labute approximate surface area is 73.6 Å². The molecular weight excluding hydrogens is 150 g/mol. The summed E-state index contributed by atoms with van der Waals surface area (Å²) in [4.78, 5) is 4.28. The van der Waals surface area contributed by atoms with Crippen molar-refractivity contribution in [2.24, 2.45) is 16.3 Å². The summed E-state index contributed by atoms with van der Waals surface area (Å²) in [6, 6.07) is 0. The Balaban J connectivity index is 1.70. The smallest absolute Gasteiger partial charge is 0.191 e. The number of guanidine groups is 1. The van der Waals surface area contributed by atoms with Crippen molar-refractivity contribution in [3.63, 3.8) is 0 Å². The van der Waals surface area contributed by atoms with Crippen LogP contribution in [0.3, 0.4) is 0 Å². The van der Waals surface area contributed by atoms with E-state index in [1.807, 2.05) is 0 Å². The van der Waals surface area contributed by atoms with E-state index in [0.717, 1.165) is 31.5 Å². The van der Waals surface area contributed by atoms with E-state index in [1.54, 1.807) is 0 Å². The van der Waals surface area contributed by atoms with Crippen LogP contribution in [0.2, 0.25) is 0 Å². The predicted octanol–water partition coefficient (Wildman–Crippen LogP) is 0.581. The van der Waals surface area contributed by atoms with Crippen molar-refractivity contribution in [2.75, 3.05) is 19.6 Å². The first kappa shape index (κ1) is 7.90. The standard InChI is InChI=1S/C9H17N3/c1-9(2)5-7(9)6-12-8-10-3-4-11-8/h7H,3-6H2,1-2H3,(H2,10,11,12). The SMILES string of the molecule is CC1(C)CC1CNC1=NCCN1. The molecule has 1 heterocycles. The first-order valence-electron chi connectivity index (χ1n) is 4.71. The Bertz CT molecular complexity index is 208. The van der Waals surface area contributed by atoms with E-state index >= 15 is 0 Å². The van der Waals surface area contributed by atoms with Gasteiger partial charge in [-0.25, -0.2) is 0 Å². The Hall–Kier alpha value is -0.730. The van der Waals surface area contributed by atoms with Gasteiger partial charge in [0.1, 0.15) is 0 Å². The second kappa shape index (κ2) is 2.64. The highest BCUT2D eigenvalue weighted by Crippen LogP contribution is 2.50. The number of nitrogens with zero attached hydrogens (tertiary/aromatic N) is 1. The lowest BCUT2D eigenvalue weighted by Crippen LogP contribution is -2.35. The third-order valence-corrected chi connectivity index (χ3v) is 2.91. The van der Waals surface area contributed by atoms with Gasteiger partial charge in [-0.1, -0.05) is 13.8 Å². The highest BCUT2D eigenvalue weighted by atomic mass is 15.2. The fourth-order valence-corrected chi connectivity index (χ4v) is 1.66. The third kappa shape index (κ3) is 1.54. The molecule has 1 atom stereocenters. The van der Waals surface area contributed by atoms with Gasteiger partial charge in [0.25, 0.3) is 0 Å². The molecule has 0 spiro atoms. The number of hydrogen-bond donors (Lipinski definition) is 2. The third-order valence-electron chi connectivity index (χ3n) is 2.91. The minimum absolute atomic E-state index is 0.576. The van der Waals surface area contributed by atoms with E-state index in [2.05, 4.69) is 29.5 Å². The molecule has 3 nitrogen and oxygen atoms in total. The fraction of sp³-hybridized carbons (Fsp3) is 0.889. The highest BCUT2D eigenvalue weighted by Gasteiger charge is 2.45. The van der Waals surface area contributed by atoms with Crippen molar-refractivity contribution in [3.8, 4) is 0 Å². The zero-order chi connectivity index (χ0) is 8.60. The van der Waals surface area contributed by atoms with Gasteiger partial charge in [0, 0.05) is 13.1 Å². The molecule has 0 aromatic carbocycles. The van der Waals surface area contributed by atoms with Gasteiger partial charge in [-0.3, -0.25) is 4.99 Å². The van der Waals surface area contributed by atoms with Crippen LogP contribution < -0.4 is 10.6 Å². The maximum absolute atomic E-state index is 4.28. The van der Waals surface area contributed by atoms with Crippen molar-refractivity contribution < 1.29 is 0 Å². The molecule has 0 radical (unpaired) electrons. The molecule has 0 aromatic heterocycles. The van der Waals surface area contributed by atoms with Crippen LogP contribution in [0.4, 0.5) is 0 Å². The summed E-state index contributed by atoms with van der Waals surface area (Å²) in [5.74, 6) is 1.85. The van der Waals surface area contributed by atoms with E-state index in [4.69, 9.17) is 0 Å². The lowest BCUT2D eigenvalue weighted by atomic mass is 10.1. The lowest BCUT2D eigenvalue weighted by molar-refractivity contribution is 0.550. The maximum atomic E-state index is 4.28. The van der Waals surface area contributed by atoms with Crippen molar-refractivity contribution in [2.45, 2.75) is 20.3 Å². The minimum Gasteiger partial charge on any atom is -0.356 e. The summed E-state index contributed by atoms with van der Waals surface area (Å²) < 4.78 is 0. The molecule has 0 amide bonds.